The maximum Gasteiger partial charge on any atom is 0.426 e. The van der Waals surface area contributed by atoms with E-state index in [-0.39, 0.29) is 42.9 Å². The van der Waals surface area contributed by atoms with Crippen LogP contribution in [0.5, 0.6) is 5.75 Å². The molecule has 2 N–H and O–H groups in total. The molecule has 0 bridgehead atoms. The Morgan fingerprint density at radius 1 is 0.983 bits per heavy atom. The third-order valence-corrected chi connectivity index (χ3v) is 12.1. The van der Waals surface area contributed by atoms with Gasteiger partial charge in [0.05, 0.1) is 49.2 Å². The zero-order chi connectivity index (χ0) is 42.6. The van der Waals surface area contributed by atoms with Gasteiger partial charge in [-0.05, 0) is 95.3 Å². The van der Waals surface area contributed by atoms with Gasteiger partial charge in [0.1, 0.15) is 18.0 Å². The van der Waals surface area contributed by atoms with Crippen molar-refractivity contribution >= 4 is 27.7 Å². The molecule has 1 fully saturated rings. The third-order valence-electron chi connectivity index (χ3n) is 10.2. The molecule has 3 aromatic rings. The number of carbonyl (C=O) groups excluding carboxylic acids is 2. The molecule has 0 saturated carbocycles. The van der Waals surface area contributed by atoms with Crippen molar-refractivity contribution in [2.75, 3.05) is 58.1 Å². The van der Waals surface area contributed by atoms with Gasteiger partial charge in [-0.15, -0.1) is 0 Å². The van der Waals surface area contributed by atoms with Gasteiger partial charge >= 0.3 is 6.09 Å². The van der Waals surface area contributed by atoms with Crippen LogP contribution in [0.2, 0.25) is 0 Å². The lowest BCUT2D eigenvalue weighted by molar-refractivity contribution is -0.123. The smallest absolute Gasteiger partial charge is 0.426 e. The second kappa shape index (κ2) is 21.3. The van der Waals surface area contributed by atoms with Gasteiger partial charge in [-0.25, -0.2) is 18.6 Å². The maximum atomic E-state index is 14.5. The van der Waals surface area contributed by atoms with Crippen LogP contribution in [-0.4, -0.2) is 102 Å². The highest BCUT2D eigenvalue weighted by Crippen LogP contribution is 2.39. The van der Waals surface area contributed by atoms with Gasteiger partial charge < -0.3 is 33.3 Å². The van der Waals surface area contributed by atoms with E-state index in [1.165, 1.54) is 4.31 Å². The summed E-state index contributed by atoms with van der Waals surface area (Å²) in [5.74, 6) is -0.0549. The summed E-state index contributed by atoms with van der Waals surface area (Å²) >= 11 is 0. The number of sulfonamides is 1. The number of piperidine rings is 1. The van der Waals surface area contributed by atoms with Crippen molar-refractivity contribution in [2.24, 2.45) is 0 Å². The molecule has 59 heavy (non-hydrogen) atoms. The van der Waals surface area contributed by atoms with E-state index in [2.05, 4.69) is 21.8 Å². The fraction of sp³-hybridized carbons (Fsp3) is 0.545. The van der Waals surface area contributed by atoms with Crippen molar-refractivity contribution in [3.8, 4) is 5.75 Å². The van der Waals surface area contributed by atoms with Crippen LogP contribution in [0.15, 0.2) is 71.6 Å². The fourth-order valence-electron chi connectivity index (χ4n) is 7.33. The minimum Gasteiger partial charge on any atom is -0.490 e. The van der Waals surface area contributed by atoms with Crippen LogP contribution < -0.4 is 20.5 Å². The van der Waals surface area contributed by atoms with Crippen LogP contribution >= 0.6 is 0 Å². The van der Waals surface area contributed by atoms with Crippen molar-refractivity contribution < 1.29 is 46.4 Å². The highest BCUT2D eigenvalue weighted by atomic mass is 32.2. The van der Waals surface area contributed by atoms with Gasteiger partial charge in [0.25, 0.3) is 0 Å². The predicted octanol–water partition coefficient (Wildman–Crippen LogP) is 6.25. The summed E-state index contributed by atoms with van der Waals surface area (Å²) in [6, 6.07) is 19.9. The zero-order valence-electron chi connectivity index (χ0n) is 35.5. The zero-order valence-corrected chi connectivity index (χ0v) is 36.3. The van der Waals surface area contributed by atoms with Gasteiger partial charge in [0, 0.05) is 51.8 Å². The number of carbonyl (C=O) groups is 2. The number of aryl methyl sites for hydroxylation is 1. The Hall–Kier alpha value is -4.25. The molecule has 2 amide bonds. The van der Waals surface area contributed by atoms with Gasteiger partial charge in [0.2, 0.25) is 15.9 Å². The van der Waals surface area contributed by atoms with Crippen LogP contribution in [0.4, 0.5) is 10.5 Å². The van der Waals surface area contributed by atoms with E-state index in [0.717, 1.165) is 53.2 Å². The molecule has 5 rings (SSSR count). The molecule has 0 aromatic heterocycles. The number of hydrogen-bond acceptors (Lipinski definition) is 11. The highest BCUT2D eigenvalue weighted by molar-refractivity contribution is 7.89. The number of hydrazine groups is 1. The number of nitrogens with one attached hydrogen (secondary N) is 2. The lowest BCUT2D eigenvalue weighted by Crippen LogP contribution is -2.54. The van der Waals surface area contributed by atoms with E-state index in [4.69, 9.17) is 28.4 Å². The minimum atomic E-state index is -4.11. The summed E-state index contributed by atoms with van der Waals surface area (Å²) < 4.78 is 65.2. The van der Waals surface area contributed by atoms with Crippen molar-refractivity contribution in [3.63, 3.8) is 0 Å². The first-order chi connectivity index (χ1) is 28.2. The van der Waals surface area contributed by atoms with Crippen molar-refractivity contribution in [2.45, 2.75) is 109 Å². The number of amides is 2. The van der Waals surface area contributed by atoms with Crippen LogP contribution in [0.1, 0.15) is 82.1 Å². The second-order valence-electron chi connectivity index (χ2n) is 16.1. The summed E-state index contributed by atoms with van der Waals surface area (Å²) in [5.41, 5.74) is 8.66. The number of hydrogen-bond donors (Lipinski definition) is 2. The second-order valence-corrected chi connectivity index (χ2v) is 18.0. The molecule has 0 radical (unpaired) electrons. The summed E-state index contributed by atoms with van der Waals surface area (Å²) in [7, 11) is -2.41. The monoisotopic (exact) mass is 838 g/mol. The topological polar surface area (TPSA) is 154 Å². The molecule has 15 heteroatoms. The largest absolute Gasteiger partial charge is 0.490 e. The van der Waals surface area contributed by atoms with E-state index in [1.54, 1.807) is 52.1 Å². The molecule has 324 valence electrons. The Bertz CT molecular complexity index is 1920. The Kier molecular flexibility index (Phi) is 16.6. The molecule has 14 nitrogen and oxygen atoms in total. The summed E-state index contributed by atoms with van der Waals surface area (Å²) in [6.45, 7) is 15.5. The van der Waals surface area contributed by atoms with Crippen LogP contribution in [-0.2, 0) is 51.7 Å². The fourth-order valence-corrected chi connectivity index (χ4v) is 8.98. The summed E-state index contributed by atoms with van der Waals surface area (Å²) in [4.78, 5) is 28.2. The number of nitrogens with zero attached hydrogens (tertiary/aromatic N) is 2. The first kappa shape index (κ1) is 45.8. The summed E-state index contributed by atoms with van der Waals surface area (Å²) in [6.07, 6.45) is -0.519. The maximum absolute atomic E-state index is 14.5. The van der Waals surface area contributed by atoms with Gasteiger partial charge in [0.15, 0.2) is 0 Å². The SMILES string of the molecule is CCOC(C)COCc1ccc([C@H]2C[C@H](CC(=O)NNC(=O)OC(C)(C)C)N(S(=O)(=O)c3ccc(C)cc3)C[C@@H]2OCc2ccc3c(c2)N(CCCOC)CCO3)cc1. The van der Waals surface area contributed by atoms with Crippen molar-refractivity contribution in [1.29, 1.82) is 0 Å². The lowest BCUT2D eigenvalue weighted by Gasteiger charge is -2.43. The number of methoxy groups -OCH3 is 1. The van der Waals surface area contributed by atoms with Crippen LogP contribution in [0.3, 0.4) is 0 Å². The molecule has 2 aliphatic rings. The quantitative estimate of drug-likeness (QED) is 0.110. The molecule has 2 aliphatic heterocycles. The Morgan fingerprint density at radius 2 is 1.71 bits per heavy atom. The van der Waals surface area contributed by atoms with Crippen LogP contribution in [0.25, 0.3) is 0 Å². The number of benzene rings is 3. The summed E-state index contributed by atoms with van der Waals surface area (Å²) in [5, 5.41) is 0. The Labute approximate surface area is 349 Å². The molecule has 1 unspecified atom stereocenters. The third kappa shape index (κ3) is 13.4. The molecule has 2 heterocycles. The van der Waals surface area contributed by atoms with Gasteiger partial charge in [-0.3, -0.25) is 10.2 Å². The number of rotatable bonds is 18. The number of fused-ring (bicyclic) bond motifs is 1. The standard InChI is InChI=1S/C44H62N4O10S/c1-8-55-32(3)28-54-29-33-12-15-35(16-13-33)38-25-36(26-42(49)45-46-43(50)58-44(4,5)6)48(59(51,52)37-17-10-31(2)11-18-37)27-41(38)57-30-34-14-19-40-39(24-34)47(21-23-56-40)20-9-22-53-7/h10-19,24,32,36,38,41H,8-9,20-23,25-30H2,1-7H3,(H,45,49)(H,46,50)/t32?,36-,38-,41+/m1/s1. The van der Waals surface area contributed by atoms with E-state index in [1.807, 2.05) is 57.2 Å². The van der Waals surface area contributed by atoms with Crippen LogP contribution in [0, 0.1) is 6.92 Å². The first-order valence-corrected chi connectivity index (χ1v) is 21.9. The lowest BCUT2D eigenvalue weighted by atomic mass is 9.83. The van der Waals surface area contributed by atoms with Gasteiger partial charge in [-0.1, -0.05) is 48.0 Å². The normalized spacial score (nSPS) is 19.0. The molecular formula is C44H62N4O10S. The average molecular weight is 839 g/mol. The Morgan fingerprint density at radius 3 is 2.41 bits per heavy atom. The number of anilines is 1. The molecule has 1 saturated heterocycles. The van der Waals surface area contributed by atoms with Crippen molar-refractivity contribution in [3.05, 3.63) is 89.0 Å². The van der Waals surface area contributed by atoms with E-state index in [0.29, 0.717) is 33.0 Å². The van der Waals surface area contributed by atoms with E-state index < -0.39 is 39.8 Å². The Balaban J connectivity index is 1.43. The molecule has 4 atom stereocenters. The molecule has 3 aromatic carbocycles. The van der Waals surface area contributed by atoms with Gasteiger partial charge in [-0.2, -0.15) is 4.31 Å². The first-order valence-electron chi connectivity index (χ1n) is 20.4. The molecule has 0 spiro atoms. The molecule has 0 aliphatic carbocycles. The predicted molar refractivity (Wildman–Crippen MR) is 225 cm³/mol. The molecular weight excluding hydrogens is 777 g/mol. The minimum absolute atomic E-state index is 0.0182. The van der Waals surface area contributed by atoms with E-state index in [9.17, 15) is 18.0 Å². The van der Waals surface area contributed by atoms with E-state index >= 15 is 0 Å². The highest BCUT2D eigenvalue weighted by Gasteiger charge is 2.44. The van der Waals surface area contributed by atoms with Crippen molar-refractivity contribution in [1.82, 2.24) is 15.2 Å². The average Bonchev–Trinajstić information content (AvgIpc) is 3.19. The number of ether oxygens (including phenoxy) is 6.